The van der Waals surface area contributed by atoms with Gasteiger partial charge in [-0.05, 0) is 23.7 Å². The Morgan fingerprint density at radius 1 is 1.00 bits per heavy atom. The number of halogens is 3. The molecule has 0 saturated carbocycles. The molecule has 0 fully saturated rings. The summed E-state index contributed by atoms with van der Waals surface area (Å²) in [5.41, 5.74) is 0.0706. The van der Waals surface area contributed by atoms with Crippen LogP contribution in [-0.4, -0.2) is 17.2 Å². The van der Waals surface area contributed by atoms with Crippen molar-refractivity contribution in [3.05, 3.63) is 59.4 Å². The van der Waals surface area contributed by atoms with E-state index in [1.54, 1.807) is 0 Å². The first-order valence-electron chi connectivity index (χ1n) is 5.70. The smallest absolute Gasteiger partial charge is 0.486 e. The van der Waals surface area contributed by atoms with Crippen molar-refractivity contribution in [3.8, 4) is 5.75 Å². The van der Waals surface area contributed by atoms with Gasteiger partial charge in [0.05, 0.1) is 0 Å². The fourth-order valence-corrected chi connectivity index (χ4v) is 1.59. The maximum Gasteiger partial charge on any atom is 0.488 e. The first-order valence-corrected chi connectivity index (χ1v) is 5.70. The van der Waals surface area contributed by atoms with Crippen LogP contribution in [0.2, 0.25) is 0 Å². The molecule has 0 aliphatic heterocycles. The molecule has 2 aromatic rings. The lowest BCUT2D eigenvalue weighted by Crippen LogP contribution is -2.30. The highest BCUT2D eigenvalue weighted by molar-refractivity contribution is 6.58. The summed E-state index contributed by atoms with van der Waals surface area (Å²) in [7, 11) is -1.78. The third kappa shape index (κ3) is 3.12. The van der Waals surface area contributed by atoms with Crippen LogP contribution in [0, 0.1) is 17.5 Å². The van der Waals surface area contributed by atoms with Crippen LogP contribution in [0.4, 0.5) is 13.2 Å². The molecule has 2 aromatic carbocycles. The van der Waals surface area contributed by atoms with Gasteiger partial charge >= 0.3 is 7.12 Å². The molecule has 0 unspecified atom stereocenters. The average molecular weight is 282 g/mol. The van der Waals surface area contributed by atoms with Crippen molar-refractivity contribution in [1.82, 2.24) is 0 Å². The van der Waals surface area contributed by atoms with Gasteiger partial charge < -0.3 is 14.8 Å². The molecule has 2 rings (SSSR count). The van der Waals surface area contributed by atoms with Crippen LogP contribution in [0.3, 0.4) is 0 Å². The molecule has 0 saturated heterocycles. The van der Waals surface area contributed by atoms with E-state index in [1.807, 2.05) is 0 Å². The quantitative estimate of drug-likeness (QED) is 0.832. The van der Waals surface area contributed by atoms with E-state index in [2.05, 4.69) is 0 Å². The largest absolute Gasteiger partial charge is 0.488 e. The van der Waals surface area contributed by atoms with Crippen molar-refractivity contribution in [1.29, 1.82) is 0 Å². The first kappa shape index (κ1) is 14.4. The second kappa shape index (κ2) is 5.98. The third-order valence-corrected chi connectivity index (χ3v) is 2.67. The molecular weight excluding hydrogens is 272 g/mol. The van der Waals surface area contributed by atoms with E-state index < -0.39 is 24.6 Å². The van der Waals surface area contributed by atoms with Crippen molar-refractivity contribution in [2.45, 2.75) is 6.61 Å². The predicted octanol–water partition coefficient (Wildman–Crippen LogP) is 1.36. The van der Waals surface area contributed by atoms with E-state index in [9.17, 15) is 13.2 Å². The van der Waals surface area contributed by atoms with Crippen molar-refractivity contribution >= 4 is 12.6 Å². The summed E-state index contributed by atoms with van der Waals surface area (Å²) in [6, 6.07) is 6.96. The Morgan fingerprint density at radius 2 is 1.75 bits per heavy atom. The van der Waals surface area contributed by atoms with Crippen molar-refractivity contribution in [2.24, 2.45) is 0 Å². The van der Waals surface area contributed by atoms with Gasteiger partial charge in [0.1, 0.15) is 12.4 Å². The second-order valence-electron chi connectivity index (χ2n) is 4.07. The van der Waals surface area contributed by atoms with Gasteiger partial charge in [0.25, 0.3) is 0 Å². The number of ether oxygens (including phenoxy) is 1. The van der Waals surface area contributed by atoms with Gasteiger partial charge in [0.2, 0.25) is 5.82 Å². The summed E-state index contributed by atoms with van der Waals surface area (Å²) >= 11 is 0. The van der Waals surface area contributed by atoms with E-state index in [4.69, 9.17) is 14.8 Å². The minimum atomic E-state index is -1.78. The maximum atomic E-state index is 13.6. The molecule has 20 heavy (non-hydrogen) atoms. The van der Waals surface area contributed by atoms with Gasteiger partial charge in [-0.3, -0.25) is 0 Å². The van der Waals surface area contributed by atoms with Crippen LogP contribution >= 0.6 is 0 Å². The van der Waals surface area contributed by atoms with Gasteiger partial charge in [-0.2, -0.15) is 4.39 Å². The minimum absolute atomic E-state index is 0.0109. The molecule has 0 aliphatic carbocycles. The third-order valence-electron chi connectivity index (χ3n) is 2.67. The zero-order valence-corrected chi connectivity index (χ0v) is 10.2. The molecule has 0 spiro atoms. The van der Waals surface area contributed by atoms with Crippen LogP contribution in [0.25, 0.3) is 0 Å². The number of rotatable bonds is 4. The van der Waals surface area contributed by atoms with Crippen LogP contribution in [0.15, 0.2) is 36.4 Å². The van der Waals surface area contributed by atoms with Gasteiger partial charge in [0.15, 0.2) is 11.6 Å². The summed E-state index contributed by atoms with van der Waals surface area (Å²) in [6.07, 6.45) is 0. The molecule has 0 atom stereocenters. The van der Waals surface area contributed by atoms with Gasteiger partial charge in [-0.25, -0.2) is 8.78 Å². The SMILES string of the molecule is OB(O)c1ccc(COc2cccc(F)c2F)c(F)c1. The Labute approximate surface area is 113 Å². The molecule has 0 radical (unpaired) electrons. The van der Waals surface area contributed by atoms with E-state index in [1.165, 1.54) is 24.3 Å². The molecule has 0 bridgehead atoms. The number of hydrogen-bond acceptors (Lipinski definition) is 3. The lowest BCUT2D eigenvalue weighted by atomic mass is 9.80. The topological polar surface area (TPSA) is 49.7 Å². The summed E-state index contributed by atoms with van der Waals surface area (Å²) in [6.45, 7) is -0.311. The molecule has 0 heterocycles. The Balaban J connectivity index is 2.13. The maximum absolute atomic E-state index is 13.6. The van der Waals surface area contributed by atoms with Gasteiger partial charge in [0, 0.05) is 5.56 Å². The van der Waals surface area contributed by atoms with Crippen LogP contribution < -0.4 is 10.2 Å². The monoisotopic (exact) mass is 282 g/mol. The Morgan fingerprint density at radius 3 is 2.40 bits per heavy atom. The van der Waals surface area contributed by atoms with E-state index in [-0.39, 0.29) is 23.4 Å². The highest BCUT2D eigenvalue weighted by Gasteiger charge is 2.14. The lowest BCUT2D eigenvalue weighted by molar-refractivity contribution is 0.279. The molecule has 0 aromatic heterocycles. The average Bonchev–Trinajstić information content (AvgIpc) is 2.41. The summed E-state index contributed by atoms with van der Waals surface area (Å²) < 4.78 is 44.9. The second-order valence-corrected chi connectivity index (χ2v) is 4.07. The van der Waals surface area contributed by atoms with Gasteiger partial charge in [-0.15, -0.1) is 0 Å². The summed E-state index contributed by atoms with van der Waals surface area (Å²) in [5, 5.41) is 17.8. The number of hydrogen-bond donors (Lipinski definition) is 2. The molecular formula is C13H10BF3O3. The predicted molar refractivity (Wildman–Crippen MR) is 66.9 cm³/mol. The molecule has 0 amide bonds. The van der Waals surface area contributed by atoms with Crippen molar-refractivity contribution in [2.75, 3.05) is 0 Å². The normalized spacial score (nSPS) is 10.4. The first-order chi connectivity index (χ1) is 9.49. The van der Waals surface area contributed by atoms with E-state index in [0.717, 1.165) is 12.1 Å². The van der Waals surface area contributed by atoms with E-state index >= 15 is 0 Å². The molecule has 0 aliphatic rings. The molecule has 104 valence electrons. The van der Waals surface area contributed by atoms with Crippen molar-refractivity contribution < 1.29 is 28.0 Å². The zero-order chi connectivity index (χ0) is 14.7. The Hall–Kier alpha value is -1.99. The van der Waals surface area contributed by atoms with Crippen LogP contribution in [-0.2, 0) is 6.61 Å². The molecule has 7 heteroatoms. The van der Waals surface area contributed by atoms with Gasteiger partial charge in [-0.1, -0.05) is 18.2 Å². The van der Waals surface area contributed by atoms with Crippen LogP contribution in [0.5, 0.6) is 5.75 Å². The van der Waals surface area contributed by atoms with Crippen molar-refractivity contribution in [3.63, 3.8) is 0 Å². The van der Waals surface area contributed by atoms with Crippen LogP contribution in [0.1, 0.15) is 5.56 Å². The van der Waals surface area contributed by atoms with E-state index in [0.29, 0.717) is 0 Å². The Kier molecular flexibility index (Phi) is 4.31. The zero-order valence-electron chi connectivity index (χ0n) is 10.2. The highest BCUT2D eigenvalue weighted by Crippen LogP contribution is 2.20. The highest BCUT2D eigenvalue weighted by atomic mass is 19.2. The molecule has 2 N–H and O–H groups in total. The lowest BCUT2D eigenvalue weighted by Gasteiger charge is -2.09. The standard InChI is InChI=1S/C13H10BF3O3/c15-10-2-1-3-12(13(10)17)20-7-8-4-5-9(14(18)19)6-11(8)16/h1-6,18-19H,7H2. The summed E-state index contributed by atoms with van der Waals surface area (Å²) in [5.74, 6) is -3.25. The summed E-state index contributed by atoms with van der Waals surface area (Å²) in [4.78, 5) is 0. The fraction of sp³-hybridized carbons (Fsp3) is 0.0769. The number of benzene rings is 2. The molecule has 3 nitrogen and oxygen atoms in total. The fourth-order valence-electron chi connectivity index (χ4n) is 1.59. The minimum Gasteiger partial charge on any atom is -0.486 e. The Bertz CT molecular complexity index is 620.